The molecule has 55 heavy (non-hydrogen) atoms. The van der Waals surface area contributed by atoms with Crippen molar-refractivity contribution < 1.29 is 42.7 Å². The van der Waals surface area contributed by atoms with Gasteiger partial charge < -0.3 is 25.2 Å². The van der Waals surface area contributed by atoms with E-state index in [9.17, 15) is 19.0 Å². The molecule has 0 amide bonds. The molecule has 3 unspecified atom stereocenters. The van der Waals surface area contributed by atoms with Crippen LogP contribution in [0.15, 0.2) is 48.6 Å². The summed E-state index contributed by atoms with van der Waals surface area (Å²) in [6.45, 7) is 3.79. The molecule has 0 aliphatic rings. The Kier molecular flexibility index (Phi) is 38.6. The summed E-state index contributed by atoms with van der Waals surface area (Å²) in [6, 6.07) is -1.48. The second-order valence-corrected chi connectivity index (χ2v) is 15.9. The van der Waals surface area contributed by atoms with Crippen molar-refractivity contribution in [2.24, 2.45) is 5.73 Å². The van der Waals surface area contributed by atoms with E-state index < -0.39 is 45.1 Å². The highest BCUT2D eigenvalue weighted by Crippen LogP contribution is 2.43. The molecular formula is C44H80NO9P. The lowest BCUT2D eigenvalue weighted by Crippen LogP contribution is -2.34. The minimum absolute atomic E-state index is 0.00554. The maximum atomic E-state index is 12.6. The standard InChI is InChI=1S/C44H80NO9P/c1-3-5-7-9-11-13-15-17-19-21-22-24-26-28-30-32-34-36-43(46)54-41(39-52-55(49,50)53-40-42(45)44(47)48)38-51-37-35-33-31-29-27-25-23-20-18-16-14-12-10-8-6-4-2/h11-14,17-20,41-42H,3-10,15-16,21-40,45H2,1-2H3,(H,47,48)(H,49,50)/b13-11-,14-12-,19-17-,20-18-. The van der Waals surface area contributed by atoms with Crippen molar-refractivity contribution in [3.8, 4) is 0 Å². The van der Waals surface area contributed by atoms with Crippen molar-refractivity contribution in [1.82, 2.24) is 0 Å². The Morgan fingerprint density at radius 3 is 1.47 bits per heavy atom. The van der Waals surface area contributed by atoms with Crippen LogP contribution in [0.4, 0.5) is 0 Å². The van der Waals surface area contributed by atoms with Crippen LogP contribution < -0.4 is 5.73 Å². The fourth-order valence-electron chi connectivity index (χ4n) is 5.66. The Labute approximate surface area is 335 Å². The van der Waals surface area contributed by atoms with E-state index in [0.29, 0.717) is 13.0 Å². The molecule has 0 aromatic rings. The number of carbonyl (C=O) groups excluding carboxylic acids is 1. The maximum absolute atomic E-state index is 12.6. The molecule has 0 rings (SSSR count). The first kappa shape index (κ1) is 52.9. The topological polar surface area (TPSA) is 155 Å². The molecular weight excluding hydrogens is 717 g/mol. The number of rotatable bonds is 41. The van der Waals surface area contributed by atoms with Crippen molar-refractivity contribution in [3.63, 3.8) is 0 Å². The van der Waals surface area contributed by atoms with Crippen molar-refractivity contribution in [1.29, 1.82) is 0 Å². The van der Waals surface area contributed by atoms with Gasteiger partial charge in [0.05, 0.1) is 19.8 Å². The van der Waals surface area contributed by atoms with Crippen molar-refractivity contribution >= 4 is 19.8 Å². The number of ether oxygens (including phenoxy) is 2. The molecule has 0 bridgehead atoms. The zero-order chi connectivity index (χ0) is 40.5. The number of hydrogen-bond acceptors (Lipinski definition) is 8. The minimum Gasteiger partial charge on any atom is -0.480 e. The fraction of sp³-hybridized carbons (Fsp3) is 0.773. The number of unbranched alkanes of at least 4 members (excludes halogenated alkanes) is 19. The Morgan fingerprint density at radius 1 is 0.582 bits per heavy atom. The van der Waals surface area contributed by atoms with Crippen molar-refractivity contribution in [2.45, 2.75) is 193 Å². The number of allylic oxidation sites excluding steroid dienone is 8. The molecule has 0 heterocycles. The van der Waals surface area contributed by atoms with E-state index in [1.54, 1.807) is 0 Å². The molecule has 0 radical (unpaired) electrons. The number of carbonyl (C=O) groups is 2. The molecule has 0 aliphatic heterocycles. The van der Waals surface area contributed by atoms with E-state index in [1.165, 1.54) is 89.9 Å². The van der Waals surface area contributed by atoms with Crippen LogP contribution in [0.3, 0.4) is 0 Å². The lowest BCUT2D eigenvalue weighted by molar-refractivity contribution is -0.154. The van der Waals surface area contributed by atoms with Crippen LogP contribution in [-0.4, -0.2) is 60.5 Å². The normalized spacial score (nSPS) is 14.4. The third kappa shape index (κ3) is 39.9. The molecule has 0 spiro atoms. The van der Waals surface area contributed by atoms with Gasteiger partial charge in [0.25, 0.3) is 0 Å². The predicted octanol–water partition coefficient (Wildman–Crippen LogP) is 11.9. The van der Waals surface area contributed by atoms with Gasteiger partial charge in [-0.25, -0.2) is 4.57 Å². The highest BCUT2D eigenvalue weighted by molar-refractivity contribution is 7.47. The average molecular weight is 798 g/mol. The Hall–Kier alpha value is -2.07. The number of carboxylic acid groups (broad SMARTS) is 1. The van der Waals surface area contributed by atoms with Gasteiger partial charge in [-0.05, 0) is 77.0 Å². The number of nitrogens with two attached hydrogens (primary N) is 1. The SMILES string of the molecule is CCCCC/C=C\C/C=C\CCCCCCCCCC(=O)OC(COCCCCCCCC/C=C\C/C=C\CCCCC)COP(=O)(O)OCC(N)C(=O)O. The van der Waals surface area contributed by atoms with Gasteiger partial charge >= 0.3 is 19.8 Å². The van der Waals surface area contributed by atoms with Gasteiger partial charge in [0.15, 0.2) is 0 Å². The van der Waals surface area contributed by atoms with Crippen molar-refractivity contribution in [2.75, 3.05) is 26.4 Å². The van der Waals surface area contributed by atoms with Crippen LogP contribution in [0, 0.1) is 0 Å². The molecule has 3 atom stereocenters. The molecule has 11 heteroatoms. The van der Waals surface area contributed by atoms with E-state index in [-0.39, 0.29) is 13.0 Å². The van der Waals surface area contributed by atoms with Gasteiger partial charge in [-0.15, -0.1) is 0 Å². The molecule has 4 N–H and O–H groups in total. The first-order chi connectivity index (χ1) is 26.7. The van der Waals surface area contributed by atoms with E-state index >= 15 is 0 Å². The smallest absolute Gasteiger partial charge is 0.472 e. The molecule has 10 nitrogen and oxygen atoms in total. The summed E-state index contributed by atoms with van der Waals surface area (Å²) in [5.41, 5.74) is 5.35. The highest BCUT2D eigenvalue weighted by Gasteiger charge is 2.27. The van der Waals surface area contributed by atoms with E-state index in [4.69, 9.17) is 29.4 Å². The van der Waals surface area contributed by atoms with Gasteiger partial charge in [-0.1, -0.05) is 146 Å². The summed E-state index contributed by atoms with van der Waals surface area (Å²) in [4.78, 5) is 33.5. The number of aliphatic carboxylic acids is 1. The van der Waals surface area contributed by atoms with E-state index in [0.717, 1.165) is 64.2 Å². The monoisotopic (exact) mass is 798 g/mol. The van der Waals surface area contributed by atoms with E-state index in [1.807, 2.05) is 0 Å². The van der Waals surface area contributed by atoms with E-state index in [2.05, 4.69) is 62.5 Å². The van der Waals surface area contributed by atoms with Crippen LogP contribution >= 0.6 is 7.82 Å². The number of esters is 1. The van der Waals surface area contributed by atoms with Crippen molar-refractivity contribution in [3.05, 3.63) is 48.6 Å². The third-order valence-corrected chi connectivity index (χ3v) is 10.0. The highest BCUT2D eigenvalue weighted by atomic mass is 31.2. The zero-order valence-corrected chi connectivity index (χ0v) is 35.7. The Morgan fingerprint density at radius 2 is 1.00 bits per heavy atom. The van der Waals surface area contributed by atoms with Gasteiger partial charge in [-0.3, -0.25) is 18.6 Å². The first-order valence-corrected chi connectivity index (χ1v) is 23.2. The van der Waals surface area contributed by atoms with Gasteiger partial charge in [0.1, 0.15) is 12.1 Å². The second kappa shape index (κ2) is 40.1. The van der Waals surface area contributed by atoms with Crippen LogP contribution in [-0.2, 0) is 32.7 Å². The minimum atomic E-state index is -4.62. The van der Waals surface area contributed by atoms with Gasteiger partial charge in [-0.2, -0.15) is 0 Å². The summed E-state index contributed by atoms with van der Waals surface area (Å²) in [5.74, 6) is -1.79. The number of hydrogen-bond donors (Lipinski definition) is 3. The molecule has 0 aliphatic carbocycles. The molecule has 0 aromatic heterocycles. The second-order valence-electron chi connectivity index (χ2n) is 14.5. The quantitative estimate of drug-likeness (QED) is 0.0236. The number of phosphoric ester groups is 1. The first-order valence-electron chi connectivity index (χ1n) is 21.7. The zero-order valence-electron chi connectivity index (χ0n) is 34.8. The molecule has 0 saturated carbocycles. The fourth-order valence-corrected chi connectivity index (χ4v) is 6.44. The predicted molar refractivity (Wildman–Crippen MR) is 226 cm³/mol. The summed E-state index contributed by atoms with van der Waals surface area (Å²) in [6.07, 6.45) is 45.8. The maximum Gasteiger partial charge on any atom is 0.472 e. The lowest BCUT2D eigenvalue weighted by Gasteiger charge is -2.20. The summed E-state index contributed by atoms with van der Waals surface area (Å²) < 4.78 is 33.3. The number of phosphoric acid groups is 1. The summed E-state index contributed by atoms with van der Waals surface area (Å²) >= 11 is 0. The van der Waals surface area contributed by atoms with Gasteiger partial charge in [0.2, 0.25) is 0 Å². The van der Waals surface area contributed by atoms with Crippen LogP contribution in [0.5, 0.6) is 0 Å². The van der Waals surface area contributed by atoms with Gasteiger partial charge in [0, 0.05) is 13.0 Å². The molecule has 0 fully saturated rings. The summed E-state index contributed by atoms with van der Waals surface area (Å²) in [7, 11) is -4.62. The Balaban J connectivity index is 4.28. The average Bonchev–Trinajstić information content (AvgIpc) is 3.16. The largest absolute Gasteiger partial charge is 0.480 e. The van der Waals surface area contributed by atoms with Crippen LogP contribution in [0.2, 0.25) is 0 Å². The summed E-state index contributed by atoms with van der Waals surface area (Å²) in [5, 5.41) is 8.89. The molecule has 0 saturated heterocycles. The third-order valence-electron chi connectivity index (χ3n) is 9.08. The van der Waals surface area contributed by atoms with Crippen LogP contribution in [0.25, 0.3) is 0 Å². The lowest BCUT2D eigenvalue weighted by atomic mass is 10.1. The molecule has 0 aromatic carbocycles. The Bertz CT molecular complexity index is 1060. The number of carboxylic acids is 1. The molecule has 320 valence electrons. The van der Waals surface area contributed by atoms with Crippen LogP contribution in [0.1, 0.15) is 181 Å².